The van der Waals surface area contributed by atoms with Gasteiger partial charge in [0.1, 0.15) is 6.04 Å². The minimum absolute atomic E-state index is 0.524. The molecule has 0 bridgehead atoms. The first-order chi connectivity index (χ1) is 7.46. The van der Waals surface area contributed by atoms with Crippen molar-refractivity contribution in [3.63, 3.8) is 0 Å². The van der Waals surface area contributed by atoms with E-state index < -0.39 is 43.0 Å². The number of carbonyl (C=O) groups is 2. The summed E-state index contributed by atoms with van der Waals surface area (Å²) in [5, 5.41) is 17.6. The minimum atomic E-state index is -5.08. The number of alkyl halides is 5. The first-order valence-corrected chi connectivity index (χ1v) is 4.10. The Morgan fingerprint density at radius 2 is 1.65 bits per heavy atom. The summed E-state index contributed by atoms with van der Waals surface area (Å²) in [6.07, 6.45) is -5.68. The summed E-state index contributed by atoms with van der Waals surface area (Å²) in [4.78, 5) is 19.0. The van der Waals surface area contributed by atoms with Crippen molar-refractivity contribution in [1.82, 2.24) is 5.32 Å². The summed E-state index contributed by atoms with van der Waals surface area (Å²) in [5.74, 6) is -6.81. The average Bonchev–Trinajstić information content (AvgIpc) is 2.45. The molecule has 0 amide bonds. The predicted octanol–water partition coefficient (Wildman–Crippen LogP) is 0.702. The molecule has 0 spiro atoms. The summed E-state index contributed by atoms with van der Waals surface area (Å²) in [7, 11) is 0. The van der Waals surface area contributed by atoms with Crippen molar-refractivity contribution in [2.45, 2.75) is 24.6 Å². The number of aliphatic carboxylic acids is 2. The summed E-state index contributed by atoms with van der Waals surface area (Å²) >= 11 is 0. The van der Waals surface area contributed by atoms with Crippen LogP contribution in [-0.4, -0.2) is 46.8 Å². The monoisotopic (exact) mass is 265 g/mol. The highest BCUT2D eigenvalue weighted by atomic mass is 19.4. The lowest BCUT2D eigenvalue weighted by Gasteiger charge is -2.03. The van der Waals surface area contributed by atoms with Crippen LogP contribution in [-0.2, 0) is 9.59 Å². The number of hydrogen-bond donors (Lipinski definition) is 3. The number of rotatable bonds is 1. The Labute approximate surface area is 91.2 Å². The summed E-state index contributed by atoms with van der Waals surface area (Å²) < 4.78 is 56.2. The molecule has 0 aromatic rings. The van der Waals surface area contributed by atoms with E-state index in [-0.39, 0.29) is 0 Å². The van der Waals surface area contributed by atoms with E-state index >= 15 is 0 Å². The van der Waals surface area contributed by atoms with Crippen LogP contribution in [0.3, 0.4) is 0 Å². The number of carboxylic acid groups (broad SMARTS) is 2. The molecule has 1 fully saturated rings. The molecule has 1 saturated heterocycles. The molecule has 1 aliphatic heterocycles. The largest absolute Gasteiger partial charge is 0.490 e. The van der Waals surface area contributed by atoms with Crippen LogP contribution < -0.4 is 5.32 Å². The van der Waals surface area contributed by atoms with Gasteiger partial charge in [-0.2, -0.15) is 13.2 Å². The Bertz CT molecular complexity index is 303. The quantitative estimate of drug-likeness (QED) is 0.607. The topological polar surface area (TPSA) is 86.6 Å². The summed E-state index contributed by atoms with van der Waals surface area (Å²) in [5.41, 5.74) is 0. The maximum Gasteiger partial charge on any atom is 0.490 e. The molecule has 0 aromatic carbocycles. The third-order valence-electron chi connectivity index (χ3n) is 1.65. The van der Waals surface area contributed by atoms with Crippen molar-refractivity contribution in [3.8, 4) is 0 Å². The number of hydrogen-bond acceptors (Lipinski definition) is 3. The van der Waals surface area contributed by atoms with Gasteiger partial charge >= 0.3 is 18.1 Å². The molecular formula is C7H8F5NO4. The molecule has 0 radical (unpaired) electrons. The maximum atomic E-state index is 12.2. The molecule has 1 atom stereocenters. The van der Waals surface area contributed by atoms with Crippen molar-refractivity contribution < 1.29 is 41.8 Å². The van der Waals surface area contributed by atoms with Gasteiger partial charge in [0.25, 0.3) is 5.92 Å². The highest BCUT2D eigenvalue weighted by Gasteiger charge is 2.42. The molecule has 0 aliphatic carbocycles. The van der Waals surface area contributed by atoms with Crippen molar-refractivity contribution in [2.24, 2.45) is 0 Å². The van der Waals surface area contributed by atoms with Crippen molar-refractivity contribution >= 4 is 11.9 Å². The highest BCUT2D eigenvalue weighted by Crippen LogP contribution is 2.24. The predicted molar refractivity (Wildman–Crippen MR) is 42.7 cm³/mol. The Kier molecular flexibility index (Phi) is 4.81. The summed E-state index contributed by atoms with van der Waals surface area (Å²) in [6, 6.07) is -1.07. The van der Waals surface area contributed by atoms with Crippen LogP contribution in [0.5, 0.6) is 0 Å². The van der Waals surface area contributed by atoms with Crippen LogP contribution in [0.4, 0.5) is 22.0 Å². The zero-order chi connectivity index (χ0) is 13.9. The molecule has 5 nitrogen and oxygen atoms in total. The molecule has 1 aliphatic rings. The second-order valence-corrected chi connectivity index (χ2v) is 3.13. The van der Waals surface area contributed by atoms with Gasteiger partial charge in [0.2, 0.25) is 0 Å². The van der Waals surface area contributed by atoms with Crippen LogP contribution >= 0.6 is 0 Å². The van der Waals surface area contributed by atoms with Crippen molar-refractivity contribution in [1.29, 1.82) is 0 Å². The molecule has 0 aromatic heterocycles. The average molecular weight is 265 g/mol. The van der Waals surface area contributed by atoms with Crippen LogP contribution in [0, 0.1) is 0 Å². The second-order valence-electron chi connectivity index (χ2n) is 3.13. The van der Waals surface area contributed by atoms with Crippen LogP contribution in [0.15, 0.2) is 0 Å². The smallest absolute Gasteiger partial charge is 0.480 e. The van der Waals surface area contributed by atoms with Gasteiger partial charge in [-0.25, -0.2) is 13.6 Å². The van der Waals surface area contributed by atoms with E-state index in [0.29, 0.717) is 0 Å². The van der Waals surface area contributed by atoms with Gasteiger partial charge in [-0.3, -0.25) is 10.1 Å². The number of carboxylic acids is 2. The van der Waals surface area contributed by atoms with E-state index in [1.54, 1.807) is 0 Å². The SMILES string of the molecule is O=C(O)C(F)(F)F.O=C(O)[C@@H]1CC(F)(F)CN1. The van der Waals surface area contributed by atoms with E-state index in [1.807, 2.05) is 0 Å². The van der Waals surface area contributed by atoms with Crippen LogP contribution in [0.1, 0.15) is 6.42 Å². The fourth-order valence-corrected chi connectivity index (χ4v) is 0.890. The molecule has 0 saturated carbocycles. The third-order valence-corrected chi connectivity index (χ3v) is 1.65. The Morgan fingerprint density at radius 3 is 1.76 bits per heavy atom. The van der Waals surface area contributed by atoms with Crippen molar-refractivity contribution in [3.05, 3.63) is 0 Å². The van der Waals surface area contributed by atoms with Gasteiger partial charge in [0.15, 0.2) is 0 Å². The number of nitrogens with one attached hydrogen (secondary N) is 1. The van der Waals surface area contributed by atoms with E-state index in [0.717, 1.165) is 0 Å². The van der Waals surface area contributed by atoms with Gasteiger partial charge < -0.3 is 10.2 Å². The van der Waals surface area contributed by atoms with E-state index in [9.17, 15) is 26.7 Å². The van der Waals surface area contributed by atoms with E-state index in [1.165, 1.54) is 0 Å². The van der Waals surface area contributed by atoms with Gasteiger partial charge in [-0.15, -0.1) is 0 Å². The highest BCUT2D eigenvalue weighted by molar-refractivity contribution is 5.74. The summed E-state index contributed by atoms with van der Waals surface area (Å²) in [6.45, 7) is -0.524. The zero-order valence-electron chi connectivity index (χ0n) is 8.09. The van der Waals surface area contributed by atoms with Crippen molar-refractivity contribution in [2.75, 3.05) is 6.54 Å². The van der Waals surface area contributed by atoms with Crippen LogP contribution in [0.2, 0.25) is 0 Å². The zero-order valence-corrected chi connectivity index (χ0v) is 8.09. The molecule has 10 heteroatoms. The lowest BCUT2D eigenvalue weighted by molar-refractivity contribution is -0.192. The molecule has 0 unspecified atom stereocenters. The fraction of sp³-hybridized carbons (Fsp3) is 0.714. The maximum absolute atomic E-state index is 12.2. The Hall–Kier alpha value is -1.45. The number of halogens is 5. The first kappa shape index (κ1) is 15.5. The Morgan fingerprint density at radius 1 is 1.24 bits per heavy atom. The molecule has 3 N–H and O–H groups in total. The Balaban J connectivity index is 0.000000325. The molecular weight excluding hydrogens is 257 g/mol. The van der Waals surface area contributed by atoms with Gasteiger partial charge in [-0.05, 0) is 0 Å². The lowest BCUT2D eigenvalue weighted by atomic mass is 10.2. The van der Waals surface area contributed by atoms with Gasteiger partial charge in [0, 0.05) is 6.42 Å². The fourth-order valence-electron chi connectivity index (χ4n) is 0.890. The normalized spacial score (nSPS) is 22.5. The van der Waals surface area contributed by atoms with Crippen LogP contribution in [0.25, 0.3) is 0 Å². The molecule has 100 valence electrons. The molecule has 17 heavy (non-hydrogen) atoms. The minimum Gasteiger partial charge on any atom is -0.480 e. The second kappa shape index (κ2) is 5.25. The first-order valence-electron chi connectivity index (χ1n) is 4.10. The van der Waals surface area contributed by atoms with E-state index in [4.69, 9.17) is 15.0 Å². The molecule has 1 rings (SSSR count). The molecule has 1 heterocycles. The van der Waals surface area contributed by atoms with Gasteiger partial charge in [-0.1, -0.05) is 0 Å². The van der Waals surface area contributed by atoms with Gasteiger partial charge in [0.05, 0.1) is 6.54 Å². The lowest BCUT2D eigenvalue weighted by Crippen LogP contribution is -2.30. The standard InChI is InChI=1S/C5H7F2NO2.C2HF3O2/c6-5(7)1-3(4(9)10)8-2-5;3-2(4,5)1(6)7/h3,8H,1-2H2,(H,9,10);(H,6,7)/t3-;/m0./s1. The third kappa shape index (κ3) is 6.00. The van der Waals surface area contributed by atoms with E-state index in [2.05, 4.69) is 5.32 Å².